The third kappa shape index (κ3) is 4.17. The van der Waals surface area contributed by atoms with Gasteiger partial charge >= 0.3 is 0 Å². The molecule has 0 radical (unpaired) electrons. The van der Waals surface area contributed by atoms with Crippen molar-refractivity contribution < 1.29 is 22.4 Å². The average Bonchev–Trinajstić information content (AvgIpc) is 3.17. The summed E-state index contributed by atoms with van der Waals surface area (Å²) in [6, 6.07) is 6.23. The topological polar surface area (TPSA) is 88.9 Å². The van der Waals surface area contributed by atoms with Gasteiger partial charge in [-0.25, -0.2) is 13.1 Å². The van der Waals surface area contributed by atoms with Gasteiger partial charge in [0.15, 0.2) is 5.76 Å². The Bertz CT molecular complexity index is 922. The van der Waals surface area contributed by atoms with Crippen LogP contribution in [0.15, 0.2) is 39.8 Å². The van der Waals surface area contributed by atoms with Crippen LogP contribution in [0.3, 0.4) is 0 Å². The van der Waals surface area contributed by atoms with E-state index >= 15 is 0 Å². The van der Waals surface area contributed by atoms with E-state index in [0.717, 1.165) is 11.1 Å². The van der Waals surface area contributed by atoms with Crippen molar-refractivity contribution in [2.75, 3.05) is 20.2 Å². The van der Waals surface area contributed by atoms with Crippen molar-refractivity contribution in [1.29, 1.82) is 0 Å². The average molecular weight is 392 g/mol. The van der Waals surface area contributed by atoms with E-state index in [1.807, 2.05) is 13.8 Å². The van der Waals surface area contributed by atoms with Gasteiger partial charge in [-0.3, -0.25) is 4.79 Å². The van der Waals surface area contributed by atoms with E-state index in [2.05, 4.69) is 4.72 Å². The van der Waals surface area contributed by atoms with Crippen molar-refractivity contribution in [2.24, 2.45) is 0 Å². The molecule has 1 aromatic heterocycles. The van der Waals surface area contributed by atoms with Gasteiger partial charge in [0.25, 0.3) is 5.91 Å². The van der Waals surface area contributed by atoms with Gasteiger partial charge < -0.3 is 14.1 Å². The molecule has 1 atom stereocenters. The van der Waals surface area contributed by atoms with Gasteiger partial charge in [0.05, 0.1) is 13.4 Å². The quantitative estimate of drug-likeness (QED) is 0.844. The van der Waals surface area contributed by atoms with E-state index in [9.17, 15) is 13.2 Å². The van der Waals surface area contributed by atoms with Gasteiger partial charge in [-0.1, -0.05) is 0 Å². The Hall–Kier alpha value is -2.32. The smallest absolute Gasteiger partial charge is 0.289 e. The number of amides is 1. The molecule has 1 aromatic carbocycles. The summed E-state index contributed by atoms with van der Waals surface area (Å²) in [5.74, 6) is 0.340. The number of carbonyl (C=O) groups excluding carboxylic acids is 1. The Morgan fingerprint density at radius 1 is 1.30 bits per heavy atom. The molecule has 27 heavy (non-hydrogen) atoms. The number of ether oxygens (including phenoxy) is 1. The molecule has 0 bridgehead atoms. The van der Waals surface area contributed by atoms with Crippen molar-refractivity contribution in [3.8, 4) is 5.75 Å². The minimum absolute atomic E-state index is 0.114. The van der Waals surface area contributed by atoms with Crippen LogP contribution < -0.4 is 9.46 Å². The van der Waals surface area contributed by atoms with E-state index in [1.165, 1.54) is 13.4 Å². The summed E-state index contributed by atoms with van der Waals surface area (Å²) >= 11 is 0. The van der Waals surface area contributed by atoms with Crippen LogP contribution >= 0.6 is 0 Å². The monoisotopic (exact) mass is 392 g/mol. The number of furan rings is 1. The van der Waals surface area contributed by atoms with Crippen LogP contribution in [0, 0.1) is 13.8 Å². The Balaban J connectivity index is 1.78. The third-order valence-electron chi connectivity index (χ3n) is 4.83. The van der Waals surface area contributed by atoms with Crippen LogP contribution in [0.5, 0.6) is 5.75 Å². The molecule has 0 spiro atoms. The Kier molecular flexibility index (Phi) is 5.57. The molecule has 146 valence electrons. The second-order valence-electron chi connectivity index (χ2n) is 6.78. The Labute approximate surface area is 159 Å². The summed E-state index contributed by atoms with van der Waals surface area (Å²) in [5.41, 5.74) is 1.83. The molecular formula is C19H24N2O5S. The first-order chi connectivity index (χ1) is 12.8. The number of carbonyl (C=O) groups is 1. The summed E-state index contributed by atoms with van der Waals surface area (Å²) in [6.07, 6.45) is 2.82. The van der Waals surface area contributed by atoms with Gasteiger partial charge in [0.2, 0.25) is 10.0 Å². The van der Waals surface area contributed by atoms with Crippen molar-refractivity contribution in [3.05, 3.63) is 47.4 Å². The first kappa shape index (κ1) is 19.4. The molecule has 1 fully saturated rings. The fraction of sp³-hybridized carbons (Fsp3) is 0.421. The Morgan fingerprint density at radius 2 is 2.04 bits per heavy atom. The zero-order valence-electron chi connectivity index (χ0n) is 15.7. The number of nitrogens with one attached hydrogen (secondary N) is 1. The van der Waals surface area contributed by atoms with Crippen molar-refractivity contribution in [3.63, 3.8) is 0 Å². The maximum Gasteiger partial charge on any atom is 0.289 e. The molecule has 1 amide bonds. The van der Waals surface area contributed by atoms with Gasteiger partial charge in [0.1, 0.15) is 10.6 Å². The zero-order chi connectivity index (χ0) is 19.6. The van der Waals surface area contributed by atoms with E-state index in [0.29, 0.717) is 31.7 Å². The molecule has 1 aliphatic heterocycles. The summed E-state index contributed by atoms with van der Waals surface area (Å²) in [6.45, 7) is 4.63. The zero-order valence-corrected chi connectivity index (χ0v) is 16.5. The number of benzene rings is 1. The summed E-state index contributed by atoms with van der Waals surface area (Å²) in [5, 5.41) is 0. The summed E-state index contributed by atoms with van der Waals surface area (Å²) in [7, 11) is -2.33. The highest BCUT2D eigenvalue weighted by molar-refractivity contribution is 7.89. The lowest BCUT2D eigenvalue weighted by Crippen LogP contribution is -2.49. The molecule has 1 N–H and O–H groups in total. The van der Waals surface area contributed by atoms with Gasteiger partial charge in [-0.2, -0.15) is 0 Å². The van der Waals surface area contributed by atoms with Crippen LogP contribution in [0.1, 0.15) is 34.5 Å². The fourth-order valence-electron chi connectivity index (χ4n) is 3.23. The van der Waals surface area contributed by atoms with E-state index in [4.69, 9.17) is 9.15 Å². The number of aryl methyl sites for hydroxylation is 2. The molecule has 3 rings (SSSR count). The van der Waals surface area contributed by atoms with Crippen LogP contribution in [-0.4, -0.2) is 45.5 Å². The van der Waals surface area contributed by atoms with E-state index in [-0.39, 0.29) is 22.6 Å². The number of rotatable bonds is 5. The minimum atomic E-state index is -3.78. The molecule has 1 unspecified atom stereocenters. The van der Waals surface area contributed by atoms with E-state index in [1.54, 1.807) is 29.2 Å². The maximum atomic E-state index is 12.9. The molecule has 1 saturated heterocycles. The second-order valence-corrected chi connectivity index (χ2v) is 8.46. The van der Waals surface area contributed by atoms with E-state index < -0.39 is 10.0 Å². The number of methoxy groups -OCH3 is 1. The van der Waals surface area contributed by atoms with Crippen LogP contribution in [0.4, 0.5) is 0 Å². The predicted octanol–water partition coefficient (Wildman–Crippen LogP) is 2.49. The Morgan fingerprint density at radius 3 is 2.70 bits per heavy atom. The number of piperidine rings is 1. The minimum Gasteiger partial charge on any atom is -0.495 e. The lowest BCUT2D eigenvalue weighted by molar-refractivity contribution is 0.0671. The highest BCUT2D eigenvalue weighted by atomic mass is 32.2. The van der Waals surface area contributed by atoms with Gasteiger partial charge in [0, 0.05) is 19.1 Å². The lowest BCUT2D eigenvalue weighted by Gasteiger charge is -2.32. The molecule has 1 aliphatic rings. The van der Waals surface area contributed by atoms with Crippen molar-refractivity contribution >= 4 is 15.9 Å². The molecular weight excluding hydrogens is 368 g/mol. The van der Waals surface area contributed by atoms with Crippen LogP contribution in [-0.2, 0) is 10.0 Å². The SMILES string of the molecule is COc1cc(C)c(C)cc1S(=O)(=O)NC1CCCN(C(=O)c2ccco2)C1. The number of hydrogen-bond donors (Lipinski definition) is 1. The third-order valence-corrected chi connectivity index (χ3v) is 6.37. The van der Waals surface area contributed by atoms with Crippen molar-refractivity contribution in [2.45, 2.75) is 37.6 Å². The molecule has 0 aliphatic carbocycles. The maximum absolute atomic E-state index is 12.9. The van der Waals surface area contributed by atoms with Gasteiger partial charge in [-0.05, 0) is 62.1 Å². The van der Waals surface area contributed by atoms with Gasteiger partial charge in [-0.15, -0.1) is 0 Å². The largest absolute Gasteiger partial charge is 0.495 e. The number of likely N-dealkylation sites (tertiary alicyclic amines) is 1. The highest BCUT2D eigenvalue weighted by Crippen LogP contribution is 2.28. The molecule has 7 nitrogen and oxygen atoms in total. The van der Waals surface area contributed by atoms with Crippen molar-refractivity contribution in [1.82, 2.24) is 9.62 Å². The summed E-state index contributed by atoms with van der Waals surface area (Å²) in [4.78, 5) is 14.2. The number of hydrogen-bond acceptors (Lipinski definition) is 5. The number of sulfonamides is 1. The first-order valence-corrected chi connectivity index (χ1v) is 10.3. The second kappa shape index (κ2) is 7.74. The molecule has 2 heterocycles. The fourth-order valence-corrected chi connectivity index (χ4v) is 4.73. The normalized spacial score (nSPS) is 17.7. The van der Waals surface area contributed by atoms with Crippen LogP contribution in [0.25, 0.3) is 0 Å². The highest BCUT2D eigenvalue weighted by Gasteiger charge is 2.30. The standard InChI is InChI=1S/C19H24N2O5S/c1-13-10-17(25-3)18(11-14(13)2)27(23,24)20-15-6-4-8-21(12-15)19(22)16-7-5-9-26-16/h5,7,9-11,15,20H,4,6,8,12H2,1-3H3. The molecule has 0 saturated carbocycles. The molecule has 8 heteroatoms. The first-order valence-electron chi connectivity index (χ1n) is 8.82. The molecule has 2 aromatic rings. The lowest BCUT2D eigenvalue weighted by atomic mass is 10.1. The summed E-state index contributed by atoms with van der Waals surface area (Å²) < 4.78 is 39.0. The predicted molar refractivity (Wildman–Crippen MR) is 100 cm³/mol. The number of nitrogens with zero attached hydrogens (tertiary/aromatic N) is 1. The van der Waals surface area contributed by atoms with Crippen LogP contribution in [0.2, 0.25) is 0 Å².